The molecule has 0 aliphatic heterocycles. The Balaban J connectivity index is 1.87. The highest BCUT2D eigenvalue weighted by Crippen LogP contribution is 2.24. The van der Waals surface area contributed by atoms with Crippen LogP contribution in [0, 0.1) is 5.92 Å². The molecule has 0 amide bonds. The standard InChI is InChI=1S/C15H25N3/c1-16-15-14(9-6-10-17-15)12-18(2)11-13-7-4-3-5-8-13/h6,9-10,13H,3-5,7-8,11-12H2,1-2H3,(H,16,17). The van der Waals surface area contributed by atoms with Crippen molar-refractivity contribution in [2.45, 2.75) is 38.6 Å². The molecule has 3 heteroatoms. The van der Waals surface area contributed by atoms with Gasteiger partial charge in [-0.05, 0) is 31.9 Å². The zero-order chi connectivity index (χ0) is 12.8. The van der Waals surface area contributed by atoms with E-state index in [0.717, 1.165) is 18.3 Å². The molecule has 0 saturated heterocycles. The second-order valence-electron chi connectivity index (χ2n) is 5.46. The number of hydrogen-bond donors (Lipinski definition) is 1. The number of nitrogens with one attached hydrogen (secondary N) is 1. The Kier molecular flexibility index (Phi) is 5.00. The van der Waals surface area contributed by atoms with Crippen LogP contribution in [0.25, 0.3) is 0 Å². The maximum atomic E-state index is 4.36. The molecule has 1 aliphatic carbocycles. The van der Waals surface area contributed by atoms with E-state index in [2.05, 4.69) is 28.3 Å². The molecule has 0 spiro atoms. The van der Waals surface area contributed by atoms with Gasteiger partial charge in [-0.3, -0.25) is 0 Å². The zero-order valence-corrected chi connectivity index (χ0v) is 11.7. The van der Waals surface area contributed by atoms with Crippen LogP contribution in [0.5, 0.6) is 0 Å². The van der Waals surface area contributed by atoms with Crippen molar-refractivity contribution in [3.8, 4) is 0 Å². The molecule has 1 aliphatic rings. The summed E-state index contributed by atoms with van der Waals surface area (Å²) in [6, 6.07) is 4.18. The molecule has 3 nitrogen and oxygen atoms in total. The molecule has 0 radical (unpaired) electrons. The van der Waals surface area contributed by atoms with Crippen LogP contribution in [-0.4, -0.2) is 30.5 Å². The fourth-order valence-corrected chi connectivity index (χ4v) is 2.96. The second-order valence-corrected chi connectivity index (χ2v) is 5.46. The molecule has 1 saturated carbocycles. The summed E-state index contributed by atoms with van der Waals surface area (Å²) in [5.74, 6) is 1.91. The lowest BCUT2D eigenvalue weighted by Crippen LogP contribution is -2.27. The third-order valence-electron chi connectivity index (χ3n) is 3.86. The van der Waals surface area contributed by atoms with Crippen LogP contribution in [0.2, 0.25) is 0 Å². The first kappa shape index (κ1) is 13.3. The molecule has 2 rings (SSSR count). The number of aromatic nitrogens is 1. The van der Waals surface area contributed by atoms with Crippen molar-refractivity contribution in [1.82, 2.24) is 9.88 Å². The van der Waals surface area contributed by atoms with E-state index in [-0.39, 0.29) is 0 Å². The quantitative estimate of drug-likeness (QED) is 0.866. The van der Waals surface area contributed by atoms with Crippen molar-refractivity contribution in [1.29, 1.82) is 0 Å². The summed E-state index contributed by atoms with van der Waals surface area (Å²) < 4.78 is 0. The molecule has 100 valence electrons. The summed E-state index contributed by atoms with van der Waals surface area (Å²) >= 11 is 0. The van der Waals surface area contributed by atoms with E-state index in [4.69, 9.17) is 0 Å². The van der Waals surface area contributed by atoms with Crippen molar-refractivity contribution in [3.63, 3.8) is 0 Å². The average molecular weight is 247 g/mol. The Hall–Kier alpha value is -1.09. The van der Waals surface area contributed by atoms with Crippen molar-refractivity contribution in [2.24, 2.45) is 5.92 Å². The van der Waals surface area contributed by atoms with E-state index < -0.39 is 0 Å². The number of rotatable bonds is 5. The first-order chi connectivity index (χ1) is 8.79. The van der Waals surface area contributed by atoms with Crippen molar-refractivity contribution in [3.05, 3.63) is 23.9 Å². The fraction of sp³-hybridized carbons (Fsp3) is 0.667. The topological polar surface area (TPSA) is 28.2 Å². The minimum absolute atomic E-state index is 0.901. The van der Waals surface area contributed by atoms with Gasteiger partial charge >= 0.3 is 0 Å². The van der Waals surface area contributed by atoms with Gasteiger partial charge in [0.15, 0.2) is 0 Å². The van der Waals surface area contributed by atoms with E-state index in [9.17, 15) is 0 Å². The van der Waals surface area contributed by atoms with Crippen molar-refractivity contribution in [2.75, 3.05) is 26.0 Å². The Bertz CT molecular complexity index is 359. The molecule has 0 aromatic carbocycles. The van der Waals surface area contributed by atoms with Gasteiger partial charge in [0.2, 0.25) is 0 Å². The van der Waals surface area contributed by atoms with Crippen LogP contribution in [0.3, 0.4) is 0 Å². The van der Waals surface area contributed by atoms with Gasteiger partial charge in [0.1, 0.15) is 5.82 Å². The summed E-state index contributed by atoms with van der Waals surface area (Å²) in [5.41, 5.74) is 1.29. The summed E-state index contributed by atoms with van der Waals surface area (Å²) in [4.78, 5) is 6.80. The Morgan fingerprint density at radius 1 is 1.33 bits per heavy atom. The van der Waals surface area contributed by atoms with Gasteiger partial charge in [-0.15, -0.1) is 0 Å². The normalized spacial score (nSPS) is 17.1. The van der Waals surface area contributed by atoms with Gasteiger partial charge in [0, 0.05) is 31.9 Å². The van der Waals surface area contributed by atoms with Gasteiger partial charge in [-0.2, -0.15) is 0 Å². The van der Waals surface area contributed by atoms with Crippen molar-refractivity contribution < 1.29 is 0 Å². The predicted molar refractivity (Wildman–Crippen MR) is 76.7 cm³/mol. The van der Waals surface area contributed by atoms with E-state index in [1.807, 2.05) is 19.3 Å². The van der Waals surface area contributed by atoms with Gasteiger partial charge in [0.05, 0.1) is 0 Å². The highest BCUT2D eigenvalue weighted by Gasteiger charge is 2.16. The molecule has 1 aromatic heterocycles. The summed E-state index contributed by atoms with van der Waals surface area (Å²) in [5, 5.41) is 3.17. The zero-order valence-electron chi connectivity index (χ0n) is 11.7. The Morgan fingerprint density at radius 3 is 2.83 bits per heavy atom. The fourth-order valence-electron chi connectivity index (χ4n) is 2.96. The lowest BCUT2D eigenvalue weighted by atomic mass is 9.89. The molecule has 0 unspecified atom stereocenters. The van der Waals surface area contributed by atoms with Crippen molar-refractivity contribution >= 4 is 5.82 Å². The summed E-state index contributed by atoms with van der Waals surface area (Å²) in [6.45, 7) is 2.21. The molecule has 1 heterocycles. The van der Waals surface area contributed by atoms with Crippen LogP contribution in [0.15, 0.2) is 18.3 Å². The monoisotopic (exact) mass is 247 g/mol. The van der Waals surface area contributed by atoms with Gasteiger partial charge < -0.3 is 10.2 Å². The molecule has 0 bridgehead atoms. The Labute approximate surface area is 111 Å². The SMILES string of the molecule is CNc1ncccc1CN(C)CC1CCCCC1. The van der Waals surface area contributed by atoms with E-state index >= 15 is 0 Å². The highest BCUT2D eigenvalue weighted by molar-refractivity contribution is 5.42. The van der Waals surface area contributed by atoms with Gasteiger partial charge in [0.25, 0.3) is 0 Å². The lowest BCUT2D eigenvalue weighted by Gasteiger charge is -2.27. The minimum atomic E-state index is 0.901. The van der Waals surface area contributed by atoms with Gasteiger partial charge in [-0.25, -0.2) is 4.98 Å². The molecular formula is C15H25N3. The van der Waals surface area contributed by atoms with Crippen LogP contribution in [0.1, 0.15) is 37.7 Å². The molecule has 1 aromatic rings. The number of hydrogen-bond acceptors (Lipinski definition) is 3. The molecule has 0 atom stereocenters. The second kappa shape index (κ2) is 6.74. The largest absolute Gasteiger partial charge is 0.373 e. The van der Waals surface area contributed by atoms with Crippen LogP contribution in [0.4, 0.5) is 5.82 Å². The van der Waals surface area contributed by atoms with E-state index in [0.29, 0.717) is 0 Å². The highest BCUT2D eigenvalue weighted by atomic mass is 15.1. The predicted octanol–water partition coefficient (Wildman–Crippen LogP) is 3.14. The maximum absolute atomic E-state index is 4.36. The third kappa shape index (κ3) is 3.70. The van der Waals surface area contributed by atoms with Crippen LogP contribution >= 0.6 is 0 Å². The smallest absolute Gasteiger partial charge is 0.130 e. The first-order valence-corrected chi connectivity index (χ1v) is 7.10. The third-order valence-corrected chi connectivity index (χ3v) is 3.86. The number of pyridine rings is 1. The summed E-state index contributed by atoms with van der Waals surface area (Å²) in [7, 11) is 4.16. The molecular weight excluding hydrogens is 222 g/mol. The van der Waals surface area contributed by atoms with E-state index in [1.54, 1.807) is 0 Å². The lowest BCUT2D eigenvalue weighted by molar-refractivity contribution is 0.228. The Morgan fingerprint density at radius 2 is 2.11 bits per heavy atom. The first-order valence-electron chi connectivity index (χ1n) is 7.10. The number of anilines is 1. The van der Waals surface area contributed by atoms with Crippen LogP contribution in [-0.2, 0) is 6.54 Å². The number of nitrogens with zero attached hydrogens (tertiary/aromatic N) is 2. The average Bonchev–Trinajstić information content (AvgIpc) is 2.40. The van der Waals surface area contributed by atoms with Gasteiger partial charge in [-0.1, -0.05) is 25.3 Å². The summed E-state index contributed by atoms with van der Waals surface area (Å²) in [6.07, 6.45) is 8.95. The molecule has 18 heavy (non-hydrogen) atoms. The molecule has 1 N–H and O–H groups in total. The minimum Gasteiger partial charge on any atom is -0.373 e. The van der Waals surface area contributed by atoms with E-state index in [1.165, 1.54) is 44.2 Å². The maximum Gasteiger partial charge on any atom is 0.130 e. The van der Waals surface area contributed by atoms with Crippen LogP contribution < -0.4 is 5.32 Å². The molecule has 1 fully saturated rings.